The van der Waals surface area contributed by atoms with Crippen molar-refractivity contribution < 1.29 is 4.79 Å². The second-order valence-corrected chi connectivity index (χ2v) is 8.45. The van der Waals surface area contributed by atoms with E-state index >= 15 is 0 Å². The van der Waals surface area contributed by atoms with Crippen molar-refractivity contribution in [2.75, 3.05) is 0 Å². The highest BCUT2D eigenvalue weighted by molar-refractivity contribution is 5.96. The molecule has 3 aliphatic rings. The lowest BCUT2D eigenvalue weighted by Crippen LogP contribution is -2.40. The average Bonchev–Trinajstić information content (AvgIpc) is 3.60. The molecule has 0 spiro atoms. The number of nitrogens with zero attached hydrogens (tertiary/aromatic N) is 5. The molecule has 1 amide bonds. The Morgan fingerprint density at radius 3 is 2.75 bits per heavy atom. The molecule has 0 bridgehead atoms. The van der Waals surface area contributed by atoms with Crippen LogP contribution in [-0.4, -0.2) is 31.1 Å². The van der Waals surface area contributed by atoms with Crippen LogP contribution in [0.25, 0.3) is 5.57 Å². The number of hydrogen-bond acceptors (Lipinski definition) is 5. The number of allylic oxidation sites excluding steroid dienone is 3. The van der Waals surface area contributed by atoms with Crippen molar-refractivity contribution in [1.82, 2.24) is 25.2 Å². The molecular formula is C21H24N6O. The van der Waals surface area contributed by atoms with Gasteiger partial charge in [0.05, 0.1) is 11.2 Å². The number of aryl methyl sites for hydroxylation is 1. The minimum Gasteiger partial charge on any atom is -0.366 e. The number of tetrazole rings is 1. The average molecular weight is 376 g/mol. The van der Waals surface area contributed by atoms with Gasteiger partial charge in [-0.15, -0.1) is 5.10 Å². The largest absolute Gasteiger partial charge is 0.366 e. The van der Waals surface area contributed by atoms with E-state index in [0.717, 1.165) is 41.9 Å². The first-order valence-corrected chi connectivity index (χ1v) is 9.99. The Labute approximate surface area is 163 Å². The number of nitrogens with two attached hydrogens (primary N) is 1. The summed E-state index contributed by atoms with van der Waals surface area (Å²) in [5.41, 5.74) is 8.75. The van der Waals surface area contributed by atoms with Crippen LogP contribution in [0, 0.1) is 18.8 Å². The zero-order valence-corrected chi connectivity index (χ0v) is 16.0. The molecule has 2 aromatic heterocycles. The minimum atomic E-state index is -0.450. The van der Waals surface area contributed by atoms with Crippen LogP contribution < -0.4 is 5.73 Å². The molecule has 2 saturated carbocycles. The van der Waals surface area contributed by atoms with Gasteiger partial charge in [0.2, 0.25) is 5.91 Å². The van der Waals surface area contributed by atoms with Gasteiger partial charge < -0.3 is 5.73 Å². The molecule has 7 nitrogen and oxygen atoms in total. The van der Waals surface area contributed by atoms with Crippen molar-refractivity contribution in [3.05, 3.63) is 53.1 Å². The first kappa shape index (κ1) is 17.3. The van der Waals surface area contributed by atoms with Crippen LogP contribution in [0.4, 0.5) is 0 Å². The lowest BCUT2D eigenvalue weighted by molar-refractivity contribution is -0.114. The summed E-state index contributed by atoms with van der Waals surface area (Å²) in [7, 11) is 0. The highest BCUT2D eigenvalue weighted by Crippen LogP contribution is 2.52. The van der Waals surface area contributed by atoms with E-state index in [2.05, 4.69) is 26.6 Å². The number of primary amides is 1. The third kappa shape index (κ3) is 3.04. The number of carbonyl (C=O) groups excluding carboxylic acids is 1. The summed E-state index contributed by atoms with van der Waals surface area (Å²) in [6, 6.07) is 4.02. The van der Waals surface area contributed by atoms with Gasteiger partial charge in [-0.2, -0.15) is 0 Å². The van der Waals surface area contributed by atoms with E-state index in [1.165, 1.54) is 12.8 Å². The molecule has 1 unspecified atom stereocenters. The van der Waals surface area contributed by atoms with Crippen molar-refractivity contribution >= 4 is 11.5 Å². The third-order valence-electron chi connectivity index (χ3n) is 6.11. The van der Waals surface area contributed by atoms with Gasteiger partial charge in [-0.3, -0.25) is 9.78 Å². The summed E-state index contributed by atoms with van der Waals surface area (Å²) in [6.07, 6.45) is 12.0. The summed E-state index contributed by atoms with van der Waals surface area (Å²) in [5, 5.41) is 12.7. The van der Waals surface area contributed by atoms with Gasteiger partial charge in [0.15, 0.2) is 5.82 Å². The number of rotatable bonds is 6. The van der Waals surface area contributed by atoms with Crippen LogP contribution in [-0.2, 0) is 16.8 Å². The summed E-state index contributed by atoms with van der Waals surface area (Å²) in [4.78, 5) is 16.8. The molecule has 2 N–H and O–H groups in total. The fraction of sp³-hybridized carbons (Fsp3) is 0.476. The predicted octanol–water partition coefficient (Wildman–Crippen LogP) is 2.33. The van der Waals surface area contributed by atoms with E-state index in [1.54, 1.807) is 0 Å². The molecular weight excluding hydrogens is 352 g/mol. The fourth-order valence-corrected chi connectivity index (χ4v) is 4.24. The van der Waals surface area contributed by atoms with Crippen LogP contribution in [0.3, 0.4) is 0 Å². The highest BCUT2D eigenvalue weighted by Gasteiger charge is 2.50. The van der Waals surface area contributed by atoms with Gasteiger partial charge in [-0.1, -0.05) is 6.07 Å². The number of amides is 1. The second kappa shape index (κ2) is 6.36. The van der Waals surface area contributed by atoms with Gasteiger partial charge in [0, 0.05) is 24.6 Å². The molecule has 144 valence electrons. The Hall–Kier alpha value is -2.83. The van der Waals surface area contributed by atoms with E-state index in [-0.39, 0.29) is 5.91 Å². The Morgan fingerprint density at radius 1 is 1.29 bits per heavy atom. The van der Waals surface area contributed by atoms with Crippen LogP contribution in [0.5, 0.6) is 0 Å². The normalized spacial score (nSPS) is 24.6. The molecule has 2 aromatic rings. The van der Waals surface area contributed by atoms with Crippen LogP contribution in [0.2, 0.25) is 0 Å². The maximum atomic E-state index is 12.2. The summed E-state index contributed by atoms with van der Waals surface area (Å²) >= 11 is 0. The van der Waals surface area contributed by atoms with Crippen LogP contribution in [0.1, 0.15) is 49.2 Å². The summed E-state index contributed by atoms with van der Waals surface area (Å²) in [6.45, 7) is 2.01. The smallest absolute Gasteiger partial charge is 0.244 e. The van der Waals surface area contributed by atoms with E-state index in [0.29, 0.717) is 23.8 Å². The van der Waals surface area contributed by atoms with Crippen LogP contribution >= 0.6 is 0 Å². The maximum Gasteiger partial charge on any atom is 0.244 e. The molecule has 0 aromatic carbocycles. The molecule has 7 heteroatoms. The zero-order valence-electron chi connectivity index (χ0n) is 16.0. The van der Waals surface area contributed by atoms with E-state index in [4.69, 9.17) is 5.73 Å². The minimum absolute atomic E-state index is 0.389. The number of hydrogen-bond donors (Lipinski definition) is 1. The lowest BCUT2D eigenvalue weighted by Gasteiger charge is -2.35. The number of carbonyl (C=O) groups is 1. The summed E-state index contributed by atoms with van der Waals surface area (Å²) < 4.78 is 1.98. The van der Waals surface area contributed by atoms with Gasteiger partial charge in [-0.05, 0) is 84.2 Å². The van der Waals surface area contributed by atoms with Crippen molar-refractivity contribution in [3.8, 4) is 0 Å². The molecule has 2 heterocycles. The fourth-order valence-electron chi connectivity index (χ4n) is 4.24. The van der Waals surface area contributed by atoms with Gasteiger partial charge in [0.1, 0.15) is 0 Å². The molecule has 0 saturated heterocycles. The Morgan fingerprint density at radius 2 is 2.11 bits per heavy atom. The van der Waals surface area contributed by atoms with Crippen molar-refractivity contribution in [2.45, 2.75) is 51.0 Å². The molecule has 0 radical (unpaired) electrons. The molecule has 3 aliphatic carbocycles. The number of pyridine rings is 1. The van der Waals surface area contributed by atoms with E-state index in [9.17, 15) is 4.79 Å². The second-order valence-electron chi connectivity index (χ2n) is 8.45. The molecule has 5 rings (SSSR count). The van der Waals surface area contributed by atoms with Crippen molar-refractivity contribution in [2.24, 2.45) is 17.6 Å². The monoisotopic (exact) mass is 376 g/mol. The predicted molar refractivity (Wildman–Crippen MR) is 104 cm³/mol. The standard InChI is InChI=1S/C21H24N6O/c1-13-2-7-18(23-12-13)15-9-16(20(22)28)11-21(10-15,17-5-6-17)27-19(24-25-26-27)8-14-3-4-14/h2,7,9-10,12,14,17H,3-6,8,11H2,1H3,(H2,22,28). The molecule has 0 aliphatic heterocycles. The Balaban J connectivity index is 1.64. The Bertz CT molecular complexity index is 981. The molecule has 28 heavy (non-hydrogen) atoms. The third-order valence-corrected chi connectivity index (χ3v) is 6.11. The van der Waals surface area contributed by atoms with Gasteiger partial charge >= 0.3 is 0 Å². The van der Waals surface area contributed by atoms with Gasteiger partial charge in [0.25, 0.3) is 0 Å². The Kier molecular flexibility index (Phi) is 3.92. The topological polar surface area (TPSA) is 99.6 Å². The SMILES string of the molecule is Cc1ccc(C2=CC(C3CC3)(n3nnnc3CC3CC3)CC(C(N)=O)=C2)nc1. The summed E-state index contributed by atoms with van der Waals surface area (Å²) in [5.74, 6) is 1.60. The first-order valence-electron chi connectivity index (χ1n) is 9.99. The number of aromatic nitrogens is 5. The van der Waals surface area contributed by atoms with Crippen molar-refractivity contribution in [1.29, 1.82) is 0 Å². The van der Waals surface area contributed by atoms with E-state index < -0.39 is 5.54 Å². The zero-order chi connectivity index (χ0) is 19.3. The quantitative estimate of drug-likeness (QED) is 0.834. The van der Waals surface area contributed by atoms with Crippen LogP contribution in [0.15, 0.2) is 36.1 Å². The van der Waals surface area contributed by atoms with Gasteiger partial charge in [-0.25, -0.2) is 4.68 Å². The van der Waals surface area contributed by atoms with Crippen molar-refractivity contribution in [3.63, 3.8) is 0 Å². The maximum absolute atomic E-state index is 12.2. The lowest BCUT2D eigenvalue weighted by atomic mass is 9.78. The molecule has 1 atom stereocenters. The highest BCUT2D eigenvalue weighted by atomic mass is 16.1. The van der Waals surface area contributed by atoms with E-state index in [1.807, 2.05) is 36.0 Å². The molecule has 2 fully saturated rings. The first-order chi connectivity index (χ1) is 13.5.